The molecule has 0 saturated carbocycles. The number of methoxy groups -OCH3 is 1. The molecule has 2 atom stereocenters. The highest BCUT2D eigenvalue weighted by Gasteiger charge is 2.62. The summed E-state index contributed by atoms with van der Waals surface area (Å²) in [6, 6.07) is 0. The molecule has 1 spiro atoms. The van der Waals surface area contributed by atoms with Crippen LogP contribution in [0.1, 0.15) is 6.92 Å². The molecule has 1 N–H and O–H groups in total. The molecule has 1 unspecified atom stereocenters. The quantitative estimate of drug-likeness (QED) is 0.640. The van der Waals surface area contributed by atoms with E-state index in [0.717, 1.165) is 0 Å². The lowest BCUT2D eigenvalue weighted by molar-refractivity contribution is -0.118. The van der Waals surface area contributed by atoms with Crippen LogP contribution in [0.4, 0.5) is 0 Å². The number of aliphatic hydroxyl groups excluding tert-OH is 1. The average molecular weight is 196 g/mol. The zero-order chi connectivity index (χ0) is 10.3. The summed E-state index contributed by atoms with van der Waals surface area (Å²) in [5.41, 5.74) is -0.314. The molecule has 1 heterocycles. The molecule has 1 aliphatic carbocycles. The Hall–Kier alpha value is -1.13. The lowest BCUT2D eigenvalue weighted by Gasteiger charge is -2.17. The highest BCUT2D eigenvalue weighted by molar-refractivity contribution is 6.04. The van der Waals surface area contributed by atoms with Gasteiger partial charge in [0.15, 0.2) is 11.4 Å². The molecule has 0 aromatic carbocycles. The largest absolute Gasteiger partial charge is 0.497 e. The second-order valence-corrected chi connectivity index (χ2v) is 3.44. The molecule has 1 aliphatic heterocycles. The van der Waals surface area contributed by atoms with Gasteiger partial charge in [-0.15, -0.1) is 0 Å². The minimum absolute atomic E-state index is 0.145. The number of allylic oxidation sites excluding steroid dienone is 1. The Labute approximate surface area is 81.8 Å². The molecule has 1 saturated heterocycles. The number of rotatable bonds is 2. The van der Waals surface area contributed by atoms with E-state index in [2.05, 4.69) is 0 Å². The van der Waals surface area contributed by atoms with Gasteiger partial charge in [-0.2, -0.15) is 0 Å². The summed E-state index contributed by atoms with van der Waals surface area (Å²) in [5, 5.41) is 9.13. The topological polar surface area (TPSA) is 59.1 Å². The van der Waals surface area contributed by atoms with Crippen molar-refractivity contribution in [3.05, 3.63) is 23.5 Å². The van der Waals surface area contributed by atoms with Crippen LogP contribution < -0.4 is 0 Å². The van der Waals surface area contributed by atoms with E-state index >= 15 is 0 Å². The van der Waals surface area contributed by atoms with Crippen molar-refractivity contribution in [3.63, 3.8) is 0 Å². The molecule has 4 nitrogen and oxygen atoms in total. The van der Waals surface area contributed by atoms with Crippen molar-refractivity contribution in [2.45, 2.75) is 18.6 Å². The zero-order valence-electron chi connectivity index (χ0n) is 8.11. The van der Waals surface area contributed by atoms with Gasteiger partial charge in [-0.1, -0.05) is 0 Å². The predicted octanol–water partition coefficient (Wildman–Crippen LogP) is 0.176. The van der Waals surface area contributed by atoms with Crippen LogP contribution in [0.5, 0.6) is 0 Å². The summed E-state index contributed by atoms with van der Waals surface area (Å²) >= 11 is 0. The van der Waals surface area contributed by atoms with Crippen molar-refractivity contribution in [1.82, 2.24) is 0 Å². The normalized spacial score (nSPS) is 35.4. The Morgan fingerprint density at radius 1 is 1.64 bits per heavy atom. The number of carbonyl (C=O) groups excluding carboxylic acids is 1. The second kappa shape index (κ2) is 2.93. The summed E-state index contributed by atoms with van der Waals surface area (Å²) < 4.78 is 10.2. The van der Waals surface area contributed by atoms with Gasteiger partial charge in [-0.05, 0) is 13.0 Å². The number of carbonyl (C=O) groups is 1. The van der Waals surface area contributed by atoms with Crippen LogP contribution in [0.3, 0.4) is 0 Å². The van der Waals surface area contributed by atoms with Crippen molar-refractivity contribution in [3.8, 4) is 0 Å². The Kier molecular flexibility index (Phi) is 1.97. The molecule has 0 aromatic rings. The number of aliphatic hydroxyl groups is 1. The van der Waals surface area contributed by atoms with Crippen molar-refractivity contribution < 1.29 is 19.4 Å². The number of ketones is 1. The molecule has 1 fully saturated rings. The molecule has 0 amide bonds. The maximum absolute atomic E-state index is 11.7. The van der Waals surface area contributed by atoms with E-state index in [1.807, 2.05) is 6.92 Å². The number of epoxide rings is 1. The molecule has 14 heavy (non-hydrogen) atoms. The van der Waals surface area contributed by atoms with Crippen LogP contribution in [0, 0.1) is 0 Å². The minimum atomic E-state index is -0.892. The van der Waals surface area contributed by atoms with Crippen LogP contribution in [-0.2, 0) is 14.3 Å². The fourth-order valence-corrected chi connectivity index (χ4v) is 1.84. The van der Waals surface area contributed by atoms with E-state index < -0.39 is 5.60 Å². The Morgan fingerprint density at radius 3 is 2.71 bits per heavy atom. The van der Waals surface area contributed by atoms with Gasteiger partial charge in [0, 0.05) is 11.6 Å². The Balaban J connectivity index is 2.37. The maximum atomic E-state index is 11.7. The third kappa shape index (κ3) is 1.04. The van der Waals surface area contributed by atoms with Gasteiger partial charge in [0.1, 0.15) is 5.76 Å². The lowest BCUT2D eigenvalue weighted by atomic mass is 9.87. The first-order valence-electron chi connectivity index (χ1n) is 4.45. The molecule has 0 radical (unpaired) electrons. The van der Waals surface area contributed by atoms with Gasteiger partial charge in [-0.25, -0.2) is 0 Å². The van der Waals surface area contributed by atoms with E-state index in [0.29, 0.717) is 11.3 Å². The molecule has 2 rings (SSSR count). The van der Waals surface area contributed by atoms with Crippen LogP contribution in [0.15, 0.2) is 23.5 Å². The van der Waals surface area contributed by atoms with Gasteiger partial charge in [0.05, 0.1) is 19.8 Å². The monoisotopic (exact) mass is 196 g/mol. The standard InChI is InChI=1S/C10H12O4/c1-6-10(14-6)7(5-11)3-8(13-2)4-9(10)12/h3-4,6,11H,5H2,1-2H3/t6?,10-/m0/s1. The summed E-state index contributed by atoms with van der Waals surface area (Å²) in [7, 11) is 1.49. The number of hydrogen-bond acceptors (Lipinski definition) is 4. The summed E-state index contributed by atoms with van der Waals surface area (Å²) in [5.74, 6) is 0.320. The summed E-state index contributed by atoms with van der Waals surface area (Å²) in [6.07, 6.45) is 2.91. The van der Waals surface area contributed by atoms with Crippen molar-refractivity contribution in [2.24, 2.45) is 0 Å². The van der Waals surface area contributed by atoms with E-state index in [1.54, 1.807) is 6.08 Å². The fourth-order valence-electron chi connectivity index (χ4n) is 1.84. The molecule has 76 valence electrons. The first-order chi connectivity index (χ1) is 6.65. The van der Waals surface area contributed by atoms with Crippen LogP contribution in [-0.4, -0.2) is 36.3 Å². The van der Waals surface area contributed by atoms with Gasteiger partial charge >= 0.3 is 0 Å². The van der Waals surface area contributed by atoms with Crippen LogP contribution in [0.2, 0.25) is 0 Å². The van der Waals surface area contributed by atoms with Gasteiger partial charge in [-0.3, -0.25) is 4.79 Å². The highest BCUT2D eigenvalue weighted by atomic mass is 16.6. The molecule has 2 aliphatic rings. The molecule has 0 aromatic heterocycles. The van der Waals surface area contributed by atoms with E-state index in [4.69, 9.17) is 14.6 Å². The molecular weight excluding hydrogens is 184 g/mol. The van der Waals surface area contributed by atoms with Gasteiger partial charge < -0.3 is 14.6 Å². The minimum Gasteiger partial charge on any atom is -0.497 e. The summed E-state index contributed by atoms with van der Waals surface area (Å²) in [4.78, 5) is 11.7. The van der Waals surface area contributed by atoms with Gasteiger partial charge in [0.2, 0.25) is 0 Å². The summed E-state index contributed by atoms with van der Waals surface area (Å²) in [6.45, 7) is 1.63. The lowest BCUT2D eigenvalue weighted by Crippen LogP contribution is -2.32. The van der Waals surface area contributed by atoms with E-state index in [9.17, 15) is 4.79 Å². The average Bonchev–Trinajstić information content (AvgIpc) is 2.84. The Bertz CT molecular complexity index is 342. The Morgan fingerprint density at radius 2 is 2.29 bits per heavy atom. The number of hydrogen-bond donors (Lipinski definition) is 1. The van der Waals surface area contributed by atoms with Crippen molar-refractivity contribution >= 4 is 5.78 Å². The SMILES string of the molecule is COC1=CC(=O)[C@@]2(OC2C)C(CO)=C1. The third-order valence-corrected chi connectivity index (χ3v) is 2.72. The van der Waals surface area contributed by atoms with Crippen LogP contribution >= 0.6 is 0 Å². The smallest absolute Gasteiger partial charge is 0.198 e. The van der Waals surface area contributed by atoms with E-state index in [-0.39, 0.29) is 18.5 Å². The van der Waals surface area contributed by atoms with Gasteiger partial charge in [0.25, 0.3) is 0 Å². The third-order valence-electron chi connectivity index (χ3n) is 2.72. The van der Waals surface area contributed by atoms with Crippen molar-refractivity contribution in [2.75, 3.05) is 13.7 Å². The second-order valence-electron chi connectivity index (χ2n) is 3.44. The van der Waals surface area contributed by atoms with Crippen LogP contribution in [0.25, 0.3) is 0 Å². The number of ether oxygens (including phenoxy) is 2. The molecular formula is C10H12O4. The molecule has 4 heteroatoms. The first kappa shape index (κ1) is 9.43. The predicted molar refractivity (Wildman–Crippen MR) is 48.5 cm³/mol. The maximum Gasteiger partial charge on any atom is 0.198 e. The van der Waals surface area contributed by atoms with Crippen molar-refractivity contribution in [1.29, 1.82) is 0 Å². The highest BCUT2D eigenvalue weighted by Crippen LogP contribution is 2.46. The van der Waals surface area contributed by atoms with E-state index in [1.165, 1.54) is 13.2 Å². The molecule has 0 bridgehead atoms. The zero-order valence-corrected chi connectivity index (χ0v) is 8.11. The first-order valence-corrected chi connectivity index (χ1v) is 4.45. The fraction of sp³-hybridized carbons (Fsp3) is 0.500.